The summed E-state index contributed by atoms with van der Waals surface area (Å²) in [4.78, 5) is 0. The lowest BCUT2D eigenvalue weighted by Gasteiger charge is -2.25. The second kappa shape index (κ2) is 12.2. The Labute approximate surface area is 212 Å². The fourth-order valence-corrected chi connectivity index (χ4v) is 5.06. The van der Waals surface area contributed by atoms with Gasteiger partial charge in [-0.15, -0.1) is 0 Å². The molecule has 36 heavy (non-hydrogen) atoms. The third-order valence-electron chi connectivity index (χ3n) is 5.78. The summed E-state index contributed by atoms with van der Waals surface area (Å²) in [6.07, 6.45) is 0.401. The Morgan fingerprint density at radius 2 is 0.694 bits per heavy atom. The third kappa shape index (κ3) is 7.92. The van der Waals surface area contributed by atoms with E-state index in [1.807, 2.05) is 121 Å². The molecule has 4 rings (SSSR count). The quantitative estimate of drug-likeness (QED) is 0.183. The molecule has 4 aromatic rings. The van der Waals surface area contributed by atoms with Gasteiger partial charge in [0.15, 0.2) is 0 Å². The summed E-state index contributed by atoms with van der Waals surface area (Å²) in [7, 11) is -2.89. The largest absolute Gasteiger partial charge is 0.703 e. The maximum Gasteiger partial charge on any atom is 0.703 e. The molecule has 0 aliphatic carbocycles. The Balaban J connectivity index is 1.55. The molecule has 4 aromatic carbocycles. The SMILES string of the molecule is O=[P+](OC(O)(Cc1ccccc1)Cc1ccccc1)OC(O)(Cc1ccccc1)Cc1ccccc1. The smallest absolute Gasteiger partial charge is 0.361 e. The van der Waals surface area contributed by atoms with Crippen LogP contribution < -0.4 is 0 Å². The van der Waals surface area contributed by atoms with Crippen molar-refractivity contribution in [1.29, 1.82) is 0 Å². The van der Waals surface area contributed by atoms with Crippen molar-refractivity contribution in [3.8, 4) is 0 Å². The van der Waals surface area contributed by atoms with Crippen LogP contribution in [0.3, 0.4) is 0 Å². The highest BCUT2D eigenvalue weighted by Crippen LogP contribution is 2.39. The lowest BCUT2D eigenvalue weighted by atomic mass is 9.98. The van der Waals surface area contributed by atoms with Crippen molar-refractivity contribution < 1.29 is 23.8 Å². The van der Waals surface area contributed by atoms with E-state index in [1.54, 1.807) is 0 Å². The summed E-state index contributed by atoms with van der Waals surface area (Å²) in [6.45, 7) is 0. The standard InChI is InChI=1S/C30H30O5P/c31-29(21-25-13-5-1-6-14-25,22-26-15-7-2-8-16-26)34-36(33)35-30(32,23-27-17-9-3-10-18-27)24-28-19-11-4-12-20-28/h1-20,31-32H,21-24H2/q+1. The van der Waals surface area contributed by atoms with Crippen LogP contribution in [0.25, 0.3) is 0 Å². The molecule has 0 radical (unpaired) electrons. The fraction of sp³-hybridized carbons (Fsp3) is 0.200. The first-order valence-corrected chi connectivity index (χ1v) is 13.0. The van der Waals surface area contributed by atoms with Crippen LogP contribution in [-0.2, 0) is 39.3 Å². The first kappa shape index (κ1) is 25.9. The van der Waals surface area contributed by atoms with Gasteiger partial charge in [-0.2, -0.15) is 0 Å². The monoisotopic (exact) mass is 501 g/mol. The highest BCUT2D eigenvalue weighted by Gasteiger charge is 2.47. The predicted molar refractivity (Wildman–Crippen MR) is 140 cm³/mol. The molecule has 0 saturated carbocycles. The van der Waals surface area contributed by atoms with Crippen molar-refractivity contribution in [2.24, 2.45) is 0 Å². The molecule has 0 heterocycles. The molecule has 0 fully saturated rings. The average molecular weight is 502 g/mol. The van der Waals surface area contributed by atoms with E-state index in [9.17, 15) is 14.8 Å². The Kier molecular flexibility index (Phi) is 8.76. The lowest BCUT2D eigenvalue weighted by Crippen LogP contribution is -2.39. The van der Waals surface area contributed by atoms with Crippen LogP contribution >= 0.6 is 8.25 Å². The van der Waals surface area contributed by atoms with Crippen LogP contribution in [0, 0.1) is 0 Å². The topological polar surface area (TPSA) is 76.0 Å². The molecule has 6 heteroatoms. The molecule has 5 nitrogen and oxygen atoms in total. The number of aliphatic hydroxyl groups is 2. The number of benzene rings is 4. The maximum atomic E-state index is 13.2. The van der Waals surface area contributed by atoms with Crippen molar-refractivity contribution in [3.05, 3.63) is 144 Å². The predicted octanol–water partition coefficient (Wildman–Crippen LogP) is 6.03. The van der Waals surface area contributed by atoms with E-state index in [0.29, 0.717) is 0 Å². The van der Waals surface area contributed by atoms with Gasteiger partial charge in [0.2, 0.25) is 11.6 Å². The molecular weight excluding hydrogens is 471 g/mol. The molecule has 2 N–H and O–H groups in total. The Bertz CT molecular complexity index is 1040. The van der Waals surface area contributed by atoms with Gasteiger partial charge in [0.25, 0.3) is 0 Å². The highest BCUT2D eigenvalue weighted by atomic mass is 31.1. The van der Waals surface area contributed by atoms with Crippen LogP contribution in [-0.4, -0.2) is 21.8 Å². The van der Waals surface area contributed by atoms with E-state index in [-0.39, 0.29) is 25.7 Å². The summed E-state index contributed by atoms with van der Waals surface area (Å²) in [6, 6.07) is 37.4. The lowest BCUT2D eigenvalue weighted by molar-refractivity contribution is -0.170. The van der Waals surface area contributed by atoms with E-state index >= 15 is 0 Å². The average Bonchev–Trinajstić information content (AvgIpc) is 2.85. The van der Waals surface area contributed by atoms with E-state index in [2.05, 4.69) is 0 Å². The normalized spacial score (nSPS) is 11.8. The maximum absolute atomic E-state index is 13.2. The zero-order chi connectivity index (χ0) is 25.3. The van der Waals surface area contributed by atoms with Gasteiger partial charge in [-0.05, 0) is 22.3 Å². The second-order valence-corrected chi connectivity index (χ2v) is 9.76. The Morgan fingerprint density at radius 3 is 0.917 bits per heavy atom. The molecule has 0 aromatic heterocycles. The minimum atomic E-state index is -2.89. The first-order chi connectivity index (χ1) is 17.4. The summed E-state index contributed by atoms with van der Waals surface area (Å²) >= 11 is 0. The molecule has 0 atom stereocenters. The van der Waals surface area contributed by atoms with Crippen LogP contribution in [0.1, 0.15) is 22.3 Å². The molecule has 0 unspecified atom stereocenters. The molecule has 184 valence electrons. The van der Waals surface area contributed by atoms with Gasteiger partial charge >= 0.3 is 8.25 Å². The van der Waals surface area contributed by atoms with E-state index in [4.69, 9.17) is 9.05 Å². The van der Waals surface area contributed by atoms with Crippen LogP contribution in [0.15, 0.2) is 121 Å². The van der Waals surface area contributed by atoms with Gasteiger partial charge in [-0.1, -0.05) is 130 Å². The van der Waals surface area contributed by atoms with Crippen molar-refractivity contribution in [2.45, 2.75) is 37.3 Å². The minimum absolute atomic E-state index is 0.100. The summed E-state index contributed by atoms with van der Waals surface area (Å²) in [5, 5.41) is 23.0. The molecule has 0 bridgehead atoms. The minimum Gasteiger partial charge on any atom is -0.361 e. The molecular formula is C30H30O5P+. The molecule has 0 amide bonds. The van der Waals surface area contributed by atoms with Gasteiger partial charge in [-0.3, -0.25) is 0 Å². The number of hydrogen-bond donors (Lipinski definition) is 2. The van der Waals surface area contributed by atoms with E-state index in [0.717, 1.165) is 22.3 Å². The van der Waals surface area contributed by atoms with Gasteiger partial charge < -0.3 is 10.2 Å². The highest BCUT2D eigenvalue weighted by molar-refractivity contribution is 7.33. The van der Waals surface area contributed by atoms with Crippen molar-refractivity contribution in [3.63, 3.8) is 0 Å². The van der Waals surface area contributed by atoms with Gasteiger partial charge in [-0.25, -0.2) is 0 Å². The molecule has 0 aliphatic rings. The molecule has 0 spiro atoms. The molecule has 0 aliphatic heterocycles. The second-order valence-electron chi connectivity index (χ2n) is 8.95. The van der Waals surface area contributed by atoms with Gasteiger partial charge in [0.05, 0.1) is 0 Å². The zero-order valence-electron chi connectivity index (χ0n) is 19.9. The first-order valence-electron chi connectivity index (χ1n) is 11.9. The molecule has 0 saturated heterocycles. The summed E-state index contributed by atoms with van der Waals surface area (Å²) < 4.78 is 24.6. The number of rotatable bonds is 12. The van der Waals surface area contributed by atoms with Crippen molar-refractivity contribution in [2.75, 3.05) is 0 Å². The number of hydrogen-bond acceptors (Lipinski definition) is 5. The van der Waals surface area contributed by atoms with E-state index in [1.165, 1.54) is 0 Å². The summed E-state index contributed by atoms with van der Waals surface area (Å²) in [5.41, 5.74) is 3.29. The third-order valence-corrected chi connectivity index (χ3v) is 6.76. The Morgan fingerprint density at radius 1 is 0.472 bits per heavy atom. The Hall–Kier alpha value is -3.18. The van der Waals surface area contributed by atoms with Gasteiger partial charge in [0, 0.05) is 30.2 Å². The van der Waals surface area contributed by atoms with Crippen molar-refractivity contribution >= 4 is 8.25 Å². The zero-order valence-corrected chi connectivity index (χ0v) is 20.8. The van der Waals surface area contributed by atoms with Crippen LogP contribution in [0.4, 0.5) is 0 Å². The van der Waals surface area contributed by atoms with Gasteiger partial charge in [0.1, 0.15) is 0 Å². The van der Waals surface area contributed by atoms with E-state index < -0.39 is 19.8 Å². The summed E-state index contributed by atoms with van der Waals surface area (Å²) in [5.74, 6) is -3.62. The van der Waals surface area contributed by atoms with Crippen LogP contribution in [0.2, 0.25) is 0 Å². The van der Waals surface area contributed by atoms with Crippen LogP contribution in [0.5, 0.6) is 0 Å². The fourth-order valence-electron chi connectivity index (χ4n) is 4.21. The van der Waals surface area contributed by atoms with Crippen molar-refractivity contribution in [1.82, 2.24) is 0 Å².